The topological polar surface area (TPSA) is 52.6 Å². The molecule has 20 heavy (non-hydrogen) atoms. The Kier molecular flexibility index (Phi) is 3.73. The Balaban J connectivity index is 1.90. The molecule has 1 aromatic rings. The van der Waals surface area contributed by atoms with E-state index in [4.69, 9.17) is 0 Å². The molecule has 2 fully saturated rings. The monoisotopic (exact) mass is 338 g/mol. The molecule has 0 aromatic heterocycles. The number of carbonyl (C=O) groups is 1. The van der Waals surface area contributed by atoms with Gasteiger partial charge in [-0.15, -0.1) is 0 Å². The number of rotatable bonds is 2. The first kappa shape index (κ1) is 13.9. The van der Waals surface area contributed by atoms with Gasteiger partial charge in [-0.2, -0.15) is 0 Å². The van der Waals surface area contributed by atoms with Crippen molar-refractivity contribution in [2.45, 2.75) is 31.9 Å². The van der Waals surface area contributed by atoms with Gasteiger partial charge in [-0.1, -0.05) is 6.07 Å². The Morgan fingerprint density at radius 2 is 2.30 bits per heavy atom. The summed E-state index contributed by atoms with van der Waals surface area (Å²) in [5.74, 6) is 0.309. The molecule has 5 heteroatoms. The number of amides is 1. The number of hydrogen-bond donors (Lipinski definition) is 2. The molecule has 2 heterocycles. The molecule has 4 nitrogen and oxygen atoms in total. The number of benzene rings is 1. The highest BCUT2D eigenvalue weighted by molar-refractivity contribution is 9.10. The first-order valence-electron chi connectivity index (χ1n) is 7.10. The van der Waals surface area contributed by atoms with Crippen molar-refractivity contribution in [3.8, 4) is 0 Å². The molecule has 108 valence electrons. The van der Waals surface area contributed by atoms with E-state index >= 15 is 0 Å². The molecule has 2 saturated heterocycles. The van der Waals surface area contributed by atoms with Gasteiger partial charge in [0.15, 0.2) is 0 Å². The summed E-state index contributed by atoms with van der Waals surface area (Å²) in [5, 5.41) is 12.6. The largest absolute Gasteiger partial charge is 0.389 e. The average Bonchev–Trinajstić information content (AvgIpc) is 2.81. The van der Waals surface area contributed by atoms with Crippen molar-refractivity contribution in [2.24, 2.45) is 5.92 Å². The molecule has 3 unspecified atom stereocenters. The van der Waals surface area contributed by atoms with E-state index in [2.05, 4.69) is 26.1 Å². The summed E-state index contributed by atoms with van der Waals surface area (Å²) in [7, 11) is 0. The fourth-order valence-electron chi connectivity index (χ4n) is 3.27. The van der Waals surface area contributed by atoms with Crippen LogP contribution in [0.1, 0.15) is 31.4 Å². The molecule has 0 bridgehead atoms. The SMILES string of the molecule is CC(O)c1ccc(N2CCCC3C(=O)NCC32)c(Br)c1. The van der Waals surface area contributed by atoms with Crippen LogP contribution < -0.4 is 10.2 Å². The van der Waals surface area contributed by atoms with Gasteiger partial charge in [0.25, 0.3) is 0 Å². The van der Waals surface area contributed by atoms with E-state index in [0.717, 1.165) is 41.7 Å². The van der Waals surface area contributed by atoms with Crippen molar-refractivity contribution in [2.75, 3.05) is 18.0 Å². The second-order valence-electron chi connectivity index (χ2n) is 5.64. The van der Waals surface area contributed by atoms with Crippen LogP contribution in [-0.2, 0) is 4.79 Å². The highest BCUT2D eigenvalue weighted by Gasteiger charge is 2.41. The normalized spacial score (nSPS) is 27.1. The molecule has 1 amide bonds. The molecule has 0 radical (unpaired) electrons. The smallest absolute Gasteiger partial charge is 0.225 e. The molecule has 2 aliphatic heterocycles. The van der Waals surface area contributed by atoms with Crippen molar-refractivity contribution in [3.05, 3.63) is 28.2 Å². The first-order valence-corrected chi connectivity index (χ1v) is 7.89. The summed E-state index contributed by atoms with van der Waals surface area (Å²) in [4.78, 5) is 14.2. The van der Waals surface area contributed by atoms with Crippen LogP contribution in [0.4, 0.5) is 5.69 Å². The minimum absolute atomic E-state index is 0.118. The zero-order chi connectivity index (χ0) is 14.3. The van der Waals surface area contributed by atoms with Crippen LogP contribution >= 0.6 is 15.9 Å². The number of nitrogens with zero attached hydrogens (tertiary/aromatic N) is 1. The predicted octanol–water partition coefficient (Wildman–Crippen LogP) is 2.22. The molecule has 0 spiro atoms. The van der Waals surface area contributed by atoms with Gasteiger partial charge in [-0.05, 0) is 53.4 Å². The molecule has 0 saturated carbocycles. The van der Waals surface area contributed by atoms with E-state index in [1.165, 1.54) is 0 Å². The van der Waals surface area contributed by atoms with Gasteiger partial charge in [0, 0.05) is 17.6 Å². The van der Waals surface area contributed by atoms with E-state index in [1.807, 2.05) is 18.2 Å². The van der Waals surface area contributed by atoms with Crippen molar-refractivity contribution in [1.29, 1.82) is 0 Å². The third kappa shape index (κ3) is 2.33. The number of anilines is 1. The molecular formula is C15H19BrN2O2. The Labute approximate surface area is 127 Å². The lowest BCUT2D eigenvalue weighted by molar-refractivity contribution is -0.122. The summed E-state index contributed by atoms with van der Waals surface area (Å²) in [6.45, 7) is 3.47. The Morgan fingerprint density at radius 3 is 3.00 bits per heavy atom. The van der Waals surface area contributed by atoms with Crippen LogP contribution in [0.2, 0.25) is 0 Å². The number of hydrogen-bond acceptors (Lipinski definition) is 3. The number of halogens is 1. The van der Waals surface area contributed by atoms with Gasteiger partial charge in [0.05, 0.1) is 23.8 Å². The van der Waals surface area contributed by atoms with Crippen molar-refractivity contribution in [1.82, 2.24) is 5.32 Å². The Hall–Kier alpha value is -1.07. The van der Waals surface area contributed by atoms with Crippen LogP contribution in [0.3, 0.4) is 0 Å². The second-order valence-corrected chi connectivity index (χ2v) is 6.50. The third-order valence-corrected chi connectivity index (χ3v) is 5.00. The number of piperidine rings is 1. The molecule has 3 atom stereocenters. The summed E-state index contributed by atoms with van der Waals surface area (Å²) in [6.07, 6.45) is 1.56. The van der Waals surface area contributed by atoms with Gasteiger partial charge < -0.3 is 15.3 Å². The lowest BCUT2D eigenvalue weighted by atomic mass is 9.91. The van der Waals surface area contributed by atoms with Crippen molar-refractivity contribution >= 4 is 27.5 Å². The lowest BCUT2D eigenvalue weighted by Gasteiger charge is -2.38. The summed E-state index contributed by atoms with van der Waals surface area (Å²) >= 11 is 3.60. The van der Waals surface area contributed by atoms with Gasteiger partial charge in [0.1, 0.15) is 0 Å². The minimum atomic E-state index is -0.468. The molecular weight excluding hydrogens is 320 g/mol. The van der Waals surface area contributed by atoms with Gasteiger partial charge in [-0.25, -0.2) is 0 Å². The van der Waals surface area contributed by atoms with Crippen LogP contribution in [0, 0.1) is 5.92 Å². The molecule has 3 rings (SSSR count). The number of aliphatic hydroxyl groups excluding tert-OH is 1. The third-order valence-electron chi connectivity index (χ3n) is 4.36. The number of aliphatic hydroxyl groups is 1. The standard InChI is InChI=1S/C15H19BrN2O2/c1-9(19)10-4-5-13(12(16)7-10)18-6-2-3-11-14(18)8-17-15(11)20/h4-5,7,9,11,14,19H,2-3,6,8H2,1H3,(H,17,20). The maximum atomic E-state index is 11.8. The molecule has 2 aliphatic rings. The van der Waals surface area contributed by atoms with Crippen molar-refractivity contribution < 1.29 is 9.90 Å². The highest BCUT2D eigenvalue weighted by atomic mass is 79.9. The summed E-state index contributed by atoms with van der Waals surface area (Å²) in [6, 6.07) is 6.22. The van der Waals surface area contributed by atoms with E-state index in [1.54, 1.807) is 6.92 Å². The quantitative estimate of drug-likeness (QED) is 0.869. The fraction of sp³-hybridized carbons (Fsp3) is 0.533. The second kappa shape index (κ2) is 5.37. The van der Waals surface area contributed by atoms with Gasteiger partial charge in [-0.3, -0.25) is 4.79 Å². The minimum Gasteiger partial charge on any atom is -0.389 e. The van der Waals surface area contributed by atoms with E-state index in [0.29, 0.717) is 0 Å². The number of carbonyl (C=O) groups excluding carboxylic acids is 1. The lowest BCUT2D eigenvalue weighted by Crippen LogP contribution is -2.45. The predicted molar refractivity (Wildman–Crippen MR) is 81.6 cm³/mol. The first-order chi connectivity index (χ1) is 9.58. The van der Waals surface area contributed by atoms with Crippen LogP contribution in [0.5, 0.6) is 0 Å². The summed E-state index contributed by atoms with van der Waals surface area (Å²) in [5.41, 5.74) is 2.01. The molecule has 1 aromatic carbocycles. The van der Waals surface area contributed by atoms with E-state index in [9.17, 15) is 9.90 Å². The zero-order valence-electron chi connectivity index (χ0n) is 11.5. The Bertz CT molecular complexity index is 533. The maximum absolute atomic E-state index is 11.8. The number of fused-ring (bicyclic) bond motifs is 1. The van der Waals surface area contributed by atoms with Crippen LogP contribution in [0.25, 0.3) is 0 Å². The highest BCUT2D eigenvalue weighted by Crippen LogP contribution is 2.36. The van der Waals surface area contributed by atoms with Crippen molar-refractivity contribution in [3.63, 3.8) is 0 Å². The average molecular weight is 339 g/mol. The molecule has 2 N–H and O–H groups in total. The van der Waals surface area contributed by atoms with Crippen LogP contribution in [0.15, 0.2) is 22.7 Å². The van der Waals surface area contributed by atoms with Gasteiger partial charge in [0.2, 0.25) is 5.91 Å². The van der Waals surface area contributed by atoms with E-state index in [-0.39, 0.29) is 17.9 Å². The summed E-state index contributed by atoms with van der Waals surface area (Å²) < 4.78 is 0.982. The van der Waals surface area contributed by atoms with Gasteiger partial charge >= 0.3 is 0 Å². The molecule has 0 aliphatic carbocycles. The van der Waals surface area contributed by atoms with E-state index < -0.39 is 6.10 Å². The Morgan fingerprint density at radius 1 is 1.50 bits per heavy atom. The van der Waals surface area contributed by atoms with Crippen LogP contribution in [-0.4, -0.2) is 30.1 Å². The maximum Gasteiger partial charge on any atom is 0.225 e. The fourth-order valence-corrected chi connectivity index (χ4v) is 3.89. The number of nitrogens with one attached hydrogen (secondary N) is 1. The zero-order valence-corrected chi connectivity index (χ0v) is 13.1.